The van der Waals surface area contributed by atoms with Gasteiger partial charge in [-0.05, 0) is 32.6 Å². The zero-order valence-electron chi connectivity index (χ0n) is 12.5. The summed E-state index contributed by atoms with van der Waals surface area (Å²) in [4.78, 5) is 23.3. The maximum atomic E-state index is 11.4. The van der Waals surface area contributed by atoms with Crippen LogP contribution in [0, 0.1) is 5.92 Å². The summed E-state index contributed by atoms with van der Waals surface area (Å²) in [5.41, 5.74) is 0. The fourth-order valence-electron chi connectivity index (χ4n) is 2.79. The third kappa shape index (κ3) is 6.87. The van der Waals surface area contributed by atoms with Gasteiger partial charge in [0.25, 0.3) is 0 Å². The second-order valence-electron chi connectivity index (χ2n) is 5.65. The first-order valence-corrected chi connectivity index (χ1v) is 8.91. The highest BCUT2D eigenvalue weighted by atomic mass is 79.9. The zero-order chi connectivity index (χ0) is 14.8. The van der Waals surface area contributed by atoms with Gasteiger partial charge in [0.1, 0.15) is 0 Å². The number of rotatable bonds is 3. The molecular weight excluding hydrogens is 320 g/mol. The monoisotopic (exact) mass is 346 g/mol. The normalized spacial score (nSPS) is 20.7. The first-order chi connectivity index (χ1) is 9.65. The highest BCUT2D eigenvalue weighted by Crippen LogP contribution is 2.24. The lowest BCUT2D eigenvalue weighted by atomic mass is 9.86. The predicted molar refractivity (Wildman–Crippen MR) is 84.0 cm³/mol. The number of esters is 1. The Balaban J connectivity index is 0.000000240. The molecule has 0 heterocycles. The van der Waals surface area contributed by atoms with Crippen molar-refractivity contribution in [1.82, 2.24) is 0 Å². The minimum atomic E-state index is -0.644. The molecule has 2 fully saturated rings. The maximum absolute atomic E-state index is 11.4. The van der Waals surface area contributed by atoms with Gasteiger partial charge in [-0.3, -0.25) is 4.79 Å². The number of hydrogen-bond donors (Lipinski definition) is 0. The molecule has 0 atom stereocenters. The Morgan fingerprint density at radius 3 is 1.85 bits per heavy atom. The van der Waals surface area contributed by atoms with Crippen molar-refractivity contribution in [1.29, 1.82) is 0 Å². The van der Waals surface area contributed by atoms with Crippen molar-refractivity contribution in [3.8, 4) is 0 Å². The van der Waals surface area contributed by atoms with Crippen molar-refractivity contribution in [3.63, 3.8) is 0 Å². The minimum absolute atomic E-state index is 0.0622. The van der Waals surface area contributed by atoms with Gasteiger partial charge in [0.05, 0.1) is 6.61 Å². The molecular formula is C16H27BrO3. The van der Waals surface area contributed by atoms with Gasteiger partial charge in [-0.25, -0.2) is 4.79 Å². The summed E-state index contributed by atoms with van der Waals surface area (Å²) in [5, 5.41) is 0. The highest BCUT2D eigenvalue weighted by molar-refractivity contribution is 9.09. The van der Waals surface area contributed by atoms with Crippen LogP contribution in [0.4, 0.5) is 0 Å². The summed E-state index contributed by atoms with van der Waals surface area (Å²) in [6.45, 7) is 2.00. The lowest BCUT2D eigenvalue weighted by Gasteiger charge is -2.18. The molecule has 2 rings (SSSR count). The smallest absolute Gasteiger partial charge is 0.374 e. The number of ether oxygens (including phenoxy) is 1. The molecule has 0 aromatic carbocycles. The number of alkyl halides is 1. The maximum Gasteiger partial charge on any atom is 0.374 e. The minimum Gasteiger partial charge on any atom is -0.460 e. The van der Waals surface area contributed by atoms with E-state index in [4.69, 9.17) is 0 Å². The van der Waals surface area contributed by atoms with Crippen LogP contribution in [0.15, 0.2) is 0 Å². The van der Waals surface area contributed by atoms with E-state index >= 15 is 0 Å². The Bertz CT molecular complexity index is 292. The Hall–Kier alpha value is -0.380. The van der Waals surface area contributed by atoms with Crippen LogP contribution in [-0.2, 0) is 14.3 Å². The van der Waals surface area contributed by atoms with Gasteiger partial charge in [0.2, 0.25) is 5.78 Å². The Morgan fingerprint density at radius 2 is 1.45 bits per heavy atom. The molecule has 0 unspecified atom stereocenters. The number of halogens is 1. The first-order valence-electron chi connectivity index (χ1n) is 8.00. The van der Waals surface area contributed by atoms with Crippen LogP contribution in [0.25, 0.3) is 0 Å². The second kappa shape index (κ2) is 10.4. The van der Waals surface area contributed by atoms with Gasteiger partial charge in [-0.15, -0.1) is 0 Å². The highest BCUT2D eigenvalue weighted by Gasteiger charge is 2.27. The summed E-state index contributed by atoms with van der Waals surface area (Å²) in [6.07, 6.45) is 12.2. The Kier molecular flexibility index (Phi) is 9.16. The van der Waals surface area contributed by atoms with Crippen molar-refractivity contribution in [2.24, 2.45) is 5.92 Å². The van der Waals surface area contributed by atoms with Crippen molar-refractivity contribution >= 4 is 27.7 Å². The summed E-state index contributed by atoms with van der Waals surface area (Å²) >= 11 is 3.59. The van der Waals surface area contributed by atoms with Crippen LogP contribution in [0.1, 0.15) is 71.1 Å². The Labute approximate surface area is 131 Å². The van der Waals surface area contributed by atoms with E-state index in [1.807, 2.05) is 0 Å². The van der Waals surface area contributed by atoms with Gasteiger partial charge in [-0.1, -0.05) is 54.5 Å². The third-order valence-electron chi connectivity index (χ3n) is 3.99. The van der Waals surface area contributed by atoms with E-state index < -0.39 is 5.97 Å². The third-order valence-corrected chi connectivity index (χ3v) is 4.90. The molecule has 0 N–H and O–H groups in total. The van der Waals surface area contributed by atoms with E-state index in [1.165, 1.54) is 38.5 Å². The van der Waals surface area contributed by atoms with Crippen molar-refractivity contribution < 1.29 is 14.3 Å². The summed E-state index contributed by atoms with van der Waals surface area (Å²) in [7, 11) is 0. The van der Waals surface area contributed by atoms with E-state index in [1.54, 1.807) is 6.92 Å². The van der Waals surface area contributed by atoms with Gasteiger partial charge in [0, 0.05) is 10.7 Å². The van der Waals surface area contributed by atoms with Crippen molar-refractivity contribution in [3.05, 3.63) is 0 Å². The number of ketones is 1. The molecule has 116 valence electrons. The van der Waals surface area contributed by atoms with Crippen molar-refractivity contribution in [2.75, 3.05) is 6.61 Å². The van der Waals surface area contributed by atoms with Crippen molar-refractivity contribution in [2.45, 2.75) is 76.0 Å². The van der Waals surface area contributed by atoms with Crippen LogP contribution in [-0.4, -0.2) is 23.2 Å². The summed E-state index contributed by atoms with van der Waals surface area (Å²) in [5.74, 6) is -1.02. The number of hydrogen-bond acceptors (Lipinski definition) is 3. The number of carbonyl (C=O) groups is 2. The van der Waals surface area contributed by atoms with Crippen LogP contribution < -0.4 is 0 Å². The molecule has 0 aromatic rings. The molecule has 2 aliphatic carbocycles. The second-order valence-corrected chi connectivity index (χ2v) is 6.95. The predicted octanol–water partition coefficient (Wildman–Crippen LogP) is 4.41. The first kappa shape index (κ1) is 17.7. The lowest BCUT2D eigenvalue weighted by Crippen LogP contribution is -2.27. The zero-order valence-corrected chi connectivity index (χ0v) is 14.1. The van der Waals surface area contributed by atoms with Crippen LogP contribution in [0.2, 0.25) is 0 Å². The molecule has 2 aliphatic rings. The van der Waals surface area contributed by atoms with Gasteiger partial charge < -0.3 is 4.74 Å². The largest absolute Gasteiger partial charge is 0.460 e. The number of carbonyl (C=O) groups excluding carboxylic acids is 2. The molecule has 0 aromatic heterocycles. The quantitative estimate of drug-likeness (QED) is 0.431. The van der Waals surface area contributed by atoms with E-state index in [2.05, 4.69) is 20.7 Å². The van der Waals surface area contributed by atoms with E-state index in [0.717, 1.165) is 30.5 Å². The van der Waals surface area contributed by atoms with Crippen LogP contribution in [0.3, 0.4) is 0 Å². The molecule has 0 saturated heterocycles. The fraction of sp³-hybridized carbons (Fsp3) is 0.875. The topological polar surface area (TPSA) is 43.4 Å². The number of Topliss-reactive ketones (excluding diaryl/α,β-unsaturated/α-hetero) is 1. The molecule has 0 radical (unpaired) electrons. The van der Waals surface area contributed by atoms with Gasteiger partial charge in [0.15, 0.2) is 0 Å². The van der Waals surface area contributed by atoms with Gasteiger partial charge >= 0.3 is 5.97 Å². The molecule has 2 saturated carbocycles. The molecule has 0 bridgehead atoms. The van der Waals surface area contributed by atoms with E-state index in [-0.39, 0.29) is 18.3 Å². The van der Waals surface area contributed by atoms with E-state index in [0.29, 0.717) is 0 Å². The average Bonchev–Trinajstić information content (AvgIpc) is 2.49. The SMILES string of the molecule is BrC1CCCCC1.CCOC(=O)C(=O)C1CCCCC1. The Morgan fingerprint density at radius 1 is 0.950 bits per heavy atom. The molecule has 0 amide bonds. The molecule has 3 nitrogen and oxygen atoms in total. The lowest BCUT2D eigenvalue weighted by molar-refractivity contribution is -0.155. The standard InChI is InChI=1S/C10H16O3.C6H11Br/c1-2-13-10(12)9(11)8-6-4-3-5-7-8;7-6-4-2-1-3-5-6/h8H,2-7H2,1H3;6H,1-5H2. The molecule has 0 aliphatic heterocycles. The molecule has 0 spiro atoms. The van der Waals surface area contributed by atoms with Crippen LogP contribution in [0.5, 0.6) is 0 Å². The summed E-state index contributed by atoms with van der Waals surface area (Å²) in [6, 6.07) is 0. The molecule has 4 heteroatoms. The van der Waals surface area contributed by atoms with E-state index in [9.17, 15) is 9.59 Å². The fourth-order valence-corrected chi connectivity index (χ4v) is 3.43. The molecule has 20 heavy (non-hydrogen) atoms. The average molecular weight is 347 g/mol. The van der Waals surface area contributed by atoms with Gasteiger partial charge in [-0.2, -0.15) is 0 Å². The summed E-state index contributed by atoms with van der Waals surface area (Å²) < 4.78 is 4.67. The van der Waals surface area contributed by atoms with Crippen LogP contribution >= 0.6 is 15.9 Å².